The van der Waals surface area contributed by atoms with Gasteiger partial charge in [-0.25, -0.2) is 9.97 Å². The van der Waals surface area contributed by atoms with Crippen molar-refractivity contribution >= 4 is 27.4 Å². The lowest BCUT2D eigenvalue weighted by atomic mass is 10.2. The predicted octanol–water partition coefficient (Wildman–Crippen LogP) is 4.25. The number of hydrogen-bond acceptors (Lipinski definition) is 8. The molecule has 0 saturated carbocycles. The number of aryl methyl sites for hydroxylation is 1. The van der Waals surface area contributed by atoms with Gasteiger partial charge in [0.25, 0.3) is 0 Å². The molecule has 0 atom stereocenters. The van der Waals surface area contributed by atoms with Gasteiger partial charge in [-0.2, -0.15) is 0 Å². The Bertz CT molecular complexity index is 1110. The van der Waals surface area contributed by atoms with Crippen LogP contribution in [-0.2, 0) is 13.0 Å². The summed E-state index contributed by atoms with van der Waals surface area (Å²) >= 11 is 1.67. The second-order valence-corrected chi connectivity index (χ2v) is 7.21. The number of ether oxygens (including phenoxy) is 2. The number of thiophene rings is 1. The SMILES string of the molecule is CCc1cc2c(NCc3ccc4c(c3)OCO4)nc(-c3ccno3)nc2s1. The fourth-order valence-electron chi connectivity index (χ4n) is 2.96. The standard InChI is InChI=1S/C19H16N4O3S/c1-2-12-8-13-17(20-9-11-3-4-14-16(7-11)25-10-24-14)22-18(23-19(13)27-12)15-5-6-21-26-15/h3-8H,2,9-10H2,1H3,(H,20,22,23). The number of aromatic nitrogens is 3. The molecule has 0 unspecified atom stereocenters. The largest absolute Gasteiger partial charge is 0.454 e. The summed E-state index contributed by atoms with van der Waals surface area (Å²) < 4.78 is 16.1. The van der Waals surface area contributed by atoms with Crippen LogP contribution in [0.3, 0.4) is 0 Å². The van der Waals surface area contributed by atoms with Crippen molar-refractivity contribution in [1.29, 1.82) is 0 Å². The summed E-state index contributed by atoms with van der Waals surface area (Å²) in [5, 5.41) is 8.21. The quantitative estimate of drug-likeness (QED) is 0.554. The summed E-state index contributed by atoms with van der Waals surface area (Å²) in [6, 6.07) is 9.83. The lowest BCUT2D eigenvalue weighted by Crippen LogP contribution is -2.03. The van der Waals surface area contributed by atoms with E-state index in [0.717, 1.165) is 39.5 Å². The minimum atomic E-state index is 0.272. The average Bonchev–Trinajstić information content (AvgIpc) is 3.45. The molecular formula is C19H16N4O3S. The Morgan fingerprint density at radius 3 is 2.89 bits per heavy atom. The van der Waals surface area contributed by atoms with Crippen LogP contribution in [0.5, 0.6) is 11.5 Å². The van der Waals surface area contributed by atoms with E-state index in [-0.39, 0.29) is 6.79 Å². The molecule has 0 radical (unpaired) electrons. The Balaban J connectivity index is 1.50. The minimum absolute atomic E-state index is 0.272. The van der Waals surface area contributed by atoms with Crippen molar-refractivity contribution in [2.24, 2.45) is 0 Å². The van der Waals surface area contributed by atoms with Gasteiger partial charge in [-0.05, 0) is 30.2 Å². The molecule has 1 aliphatic rings. The van der Waals surface area contributed by atoms with Crippen LogP contribution in [0.4, 0.5) is 5.82 Å². The molecule has 0 amide bonds. The minimum Gasteiger partial charge on any atom is -0.454 e. The highest BCUT2D eigenvalue weighted by molar-refractivity contribution is 7.18. The van der Waals surface area contributed by atoms with E-state index in [4.69, 9.17) is 14.0 Å². The molecule has 0 bridgehead atoms. The Morgan fingerprint density at radius 1 is 1.11 bits per heavy atom. The molecule has 7 nitrogen and oxygen atoms in total. The molecule has 8 heteroatoms. The summed E-state index contributed by atoms with van der Waals surface area (Å²) in [7, 11) is 0. The van der Waals surface area contributed by atoms with Crippen LogP contribution >= 0.6 is 11.3 Å². The van der Waals surface area contributed by atoms with E-state index >= 15 is 0 Å². The van der Waals surface area contributed by atoms with Crippen LogP contribution in [0.15, 0.2) is 41.1 Å². The second-order valence-electron chi connectivity index (χ2n) is 6.10. The number of nitrogens with zero attached hydrogens (tertiary/aromatic N) is 3. The normalized spacial score (nSPS) is 12.6. The third kappa shape index (κ3) is 2.97. The Hall–Kier alpha value is -3.13. The van der Waals surface area contributed by atoms with Crippen molar-refractivity contribution in [2.45, 2.75) is 19.9 Å². The summed E-state index contributed by atoms with van der Waals surface area (Å²) in [6.45, 7) is 3.01. The maximum Gasteiger partial charge on any atom is 0.231 e. The number of nitrogens with one attached hydrogen (secondary N) is 1. The summed E-state index contributed by atoms with van der Waals surface area (Å²) in [5.41, 5.74) is 1.08. The molecule has 0 aliphatic carbocycles. The van der Waals surface area contributed by atoms with Crippen molar-refractivity contribution in [3.63, 3.8) is 0 Å². The number of hydrogen-bond donors (Lipinski definition) is 1. The molecule has 0 spiro atoms. The van der Waals surface area contributed by atoms with Crippen LogP contribution in [0.25, 0.3) is 21.8 Å². The maximum atomic E-state index is 5.45. The Labute approximate surface area is 159 Å². The van der Waals surface area contributed by atoms with Gasteiger partial charge in [0.15, 0.2) is 11.5 Å². The number of benzene rings is 1. The summed E-state index contributed by atoms with van der Waals surface area (Å²) in [5.74, 6) is 3.40. The predicted molar refractivity (Wildman–Crippen MR) is 102 cm³/mol. The van der Waals surface area contributed by atoms with Crippen LogP contribution < -0.4 is 14.8 Å². The first kappa shape index (κ1) is 16.1. The van der Waals surface area contributed by atoms with E-state index in [0.29, 0.717) is 18.1 Å². The Morgan fingerprint density at radius 2 is 2.04 bits per heavy atom. The smallest absolute Gasteiger partial charge is 0.231 e. The molecular weight excluding hydrogens is 364 g/mol. The van der Waals surface area contributed by atoms with Crippen LogP contribution in [-0.4, -0.2) is 21.9 Å². The molecule has 27 heavy (non-hydrogen) atoms. The molecule has 5 rings (SSSR count). The number of fused-ring (bicyclic) bond motifs is 2. The summed E-state index contributed by atoms with van der Waals surface area (Å²) in [6.07, 6.45) is 2.55. The van der Waals surface area contributed by atoms with E-state index in [9.17, 15) is 0 Å². The zero-order valence-electron chi connectivity index (χ0n) is 14.6. The molecule has 0 saturated heterocycles. The fourth-order valence-corrected chi connectivity index (χ4v) is 3.93. The molecule has 0 fully saturated rings. The third-order valence-corrected chi connectivity index (χ3v) is 5.52. The van der Waals surface area contributed by atoms with Crippen molar-refractivity contribution in [3.8, 4) is 23.1 Å². The van der Waals surface area contributed by atoms with Crippen molar-refractivity contribution in [3.05, 3.63) is 47.0 Å². The van der Waals surface area contributed by atoms with Crippen LogP contribution in [0.1, 0.15) is 17.4 Å². The molecule has 4 heterocycles. The van der Waals surface area contributed by atoms with Crippen LogP contribution in [0.2, 0.25) is 0 Å². The van der Waals surface area contributed by atoms with Crippen molar-refractivity contribution < 1.29 is 14.0 Å². The monoisotopic (exact) mass is 380 g/mol. The molecule has 1 N–H and O–H groups in total. The first-order valence-electron chi connectivity index (χ1n) is 8.64. The molecule has 4 aromatic rings. The van der Waals surface area contributed by atoms with Crippen molar-refractivity contribution in [1.82, 2.24) is 15.1 Å². The number of rotatable bonds is 5. The highest BCUT2D eigenvalue weighted by Crippen LogP contribution is 2.34. The van der Waals surface area contributed by atoms with Gasteiger partial charge in [0, 0.05) is 17.5 Å². The maximum absolute atomic E-state index is 5.45. The molecule has 3 aromatic heterocycles. The van der Waals surface area contributed by atoms with Gasteiger partial charge in [-0.3, -0.25) is 0 Å². The van der Waals surface area contributed by atoms with E-state index in [1.54, 1.807) is 23.6 Å². The van der Waals surface area contributed by atoms with Gasteiger partial charge in [-0.15, -0.1) is 11.3 Å². The highest BCUT2D eigenvalue weighted by atomic mass is 32.1. The van der Waals surface area contributed by atoms with Gasteiger partial charge in [-0.1, -0.05) is 18.1 Å². The zero-order valence-corrected chi connectivity index (χ0v) is 15.4. The average molecular weight is 380 g/mol. The molecule has 1 aromatic carbocycles. The van der Waals surface area contributed by atoms with Gasteiger partial charge >= 0.3 is 0 Å². The second kappa shape index (κ2) is 6.55. The first-order valence-corrected chi connectivity index (χ1v) is 9.45. The lowest BCUT2D eigenvalue weighted by Gasteiger charge is -2.09. The van der Waals surface area contributed by atoms with Gasteiger partial charge < -0.3 is 19.3 Å². The van der Waals surface area contributed by atoms with Crippen molar-refractivity contribution in [2.75, 3.05) is 12.1 Å². The molecule has 136 valence electrons. The van der Waals surface area contributed by atoms with E-state index in [1.165, 1.54) is 4.88 Å². The zero-order chi connectivity index (χ0) is 18.2. The highest BCUT2D eigenvalue weighted by Gasteiger charge is 2.16. The Kier molecular flexibility index (Phi) is 3.90. The van der Waals surface area contributed by atoms with E-state index in [2.05, 4.69) is 33.4 Å². The first-order chi connectivity index (χ1) is 13.3. The van der Waals surface area contributed by atoms with Gasteiger partial charge in [0.05, 0.1) is 11.6 Å². The van der Waals surface area contributed by atoms with Gasteiger partial charge in [0.1, 0.15) is 10.6 Å². The lowest BCUT2D eigenvalue weighted by molar-refractivity contribution is 0.174. The topological polar surface area (TPSA) is 82.3 Å². The third-order valence-electron chi connectivity index (χ3n) is 4.35. The summed E-state index contributed by atoms with van der Waals surface area (Å²) in [4.78, 5) is 11.5. The number of anilines is 1. The molecule has 1 aliphatic heterocycles. The van der Waals surface area contributed by atoms with Crippen LogP contribution in [0, 0.1) is 0 Å². The fraction of sp³-hybridized carbons (Fsp3) is 0.211. The van der Waals surface area contributed by atoms with Gasteiger partial charge in [0.2, 0.25) is 18.4 Å². The van der Waals surface area contributed by atoms with E-state index < -0.39 is 0 Å². The van der Waals surface area contributed by atoms with E-state index in [1.807, 2.05) is 18.2 Å².